The minimum Gasteiger partial charge on any atom is -0.206 e. The summed E-state index contributed by atoms with van der Waals surface area (Å²) in [5, 5.41) is 0. The van der Waals surface area contributed by atoms with Gasteiger partial charge in [0.05, 0.1) is 6.07 Å². The first-order valence-electron chi connectivity index (χ1n) is 3.48. The van der Waals surface area contributed by atoms with Gasteiger partial charge in [-0.1, -0.05) is 13.8 Å². The van der Waals surface area contributed by atoms with Crippen LogP contribution in [0, 0.1) is 17.7 Å². The van der Waals surface area contributed by atoms with Crippen LogP contribution in [0.2, 0.25) is 0 Å². The van der Waals surface area contributed by atoms with Gasteiger partial charge in [-0.25, -0.2) is 8.78 Å². The van der Waals surface area contributed by atoms with Crippen molar-refractivity contribution in [3.63, 3.8) is 0 Å². The van der Waals surface area contributed by atoms with Crippen molar-refractivity contribution in [2.75, 3.05) is 0 Å². The van der Waals surface area contributed by atoms with E-state index in [4.69, 9.17) is 0 Å². The molecule has 0 heterocycles. The molecule has 0 aromatic heterocycles. The number of rotatable bonds is 1. The summed E-state index contributed by atoms with van der Waals surface area (Å²) in [6.45, 7) is 3.77. The summed E-state index contributed by atoms with van der Waals surface area (Å²) in [6, 6.07) is 4.53. The molecule has 0 saturated carbocycles. The molecule has 0 spiro atoms. The molecule has 0 aliphatic carbocycles. The average molecular weight is 155 g/mol. The van der Waals surface area contributed by atoms with Crippen molar-refractivity contribution in [3.8, 4) is 0 Å². The molecular weight excluding hydrogens is 146 g/mol. The van der Waals surface area contributed by atoms with Crippen LogP contribution >= 0.6 is 0 Å². The van der Waals surface area contributed by atoms with E-state index in [0.717, 1.165) is 0 Å². The van der Waals surface area contributed by atoms with Gasteiger partial charge in [-0.15, -0.1) is 0 Å². The Morgan fingerprint density at radius 1 is 1.18 bits per heavy atom. The van der Waals surface area contributed by atoms with Gasteiger partial charge in [0.25, 0.3) is 0 Å². The minimum absolute atomic E-state index is 0.147. The lowest BCUT2D eigenvalue weighted by molar-refractivity contribution is 0.573. The van der Waals surface area contributed by atoms with E-state index < -0.39 is 11.6 Å². The molecule has 11 heavy (non-hydrogen) atoms. The Morgan fingerprint density at radius 3 is 2.00 bits per heavy atom. The van der Waals surface area contributed by atoms with Gasteiger partial charge in [-0.05, 0) is 23.6 Å². The lowest BCUT2D eigenvalue weighted by Gasteiger charge is -2.03. The Bertz CT molecular complexity index is 233. The van der Waals surface area contributed by atoms with E-state index in [-0.39, 0.29) is 5.92 Å². The molecule has 0 atom stereocenters. The number of halogens is 2. The van der Waals surface area contributed by atoms with Crippen LogP contribution in [0.1, 0.15) is 25.3 Å². The predicted octanol–water partition coefficient (Wildman–Crippen LogP) is 2.89. The van der Waals surface area contributed by atoms with Gasteiger partial charge in [0.15, 0.2) is 0 Å². The molecule has 0 aliphatic heterocycles. The van der Waals surface area contributed by atoms with Crippen LogP contribution in [0.25, 0.3) is 0 Å². The van der Waals surface area contributed by atoms with Gasteiger partial charge < -0.3 is 0 Å². The summed E-state index contributed by atoms with van der Waals surface area (Å²) in [4.78, 5) is 0. The Morgan fingerprint density at radius 2 is 1.64 bits per heavy atom. The molecule has 0 aliphatic rings. The van der Waals surface area contributed by atoms with Crippen LogP contribution in [0.4, 0.5) is 8.78 Å². The molecule has 0 fully saturated rings. The zero-order valence-corrected chi connectivity index (χ0v) is 6.49. The predicted molar refractivity (Wildman–Crippen MR) is 39.3 cm³/mol. The largest absolute Gasteiger partial charge is 0.206 e. The Hall–Kier alpha value is -0.920. The molecule has 1 aromatic carbocycles. The SMILES string of the molecule is CC(C)c1cc(F)[c]c(F)c1. The summed E-state index contributed by atoms with van der Waals surface area (Å²) >= 11 is 0. The van der Waals surface area contributed by atoms with Crippen molar-refractivity contribution in [3.05, 3.63) is 35.4 Å². The first-order valence-corrected chi connectivity index (χ1v) is 3.48. The first-order chi connectivity index (χ1) is 5.09. The Balaban J connectivity index is 3.08. The van der Waals surface area contributed by atoms with Crippen LogP contribution in [0.3, 0.4) is 0 Å². The highest BCUT2D eigenvalue weighted by molar-refractivity contribution is 5.19. The zero-order chi connectivity index (χ0) is 8.43. The summed E-state index contributed by atoms with van der Waals surface area (Å²) < 4.78 is 25.0. The molecular formula is C9H9F2. The first kappa shape index (κ1) is 8.18. The van der Waals surface area contributed by atoms with E-state index in [1.165, 1.54) is 12.1 Å². The van der Waals surface area contributed by atoms with Crippen molar-refractivity contribution in [1.82, 2.24) is 0 Å². The summed E-state index contributed by atoms with van der Waals surface area (Å²) in [6.07, 6.45) is 0. The fourth-order valence-corrected chi connectivity index (χ4v) is 0.854. The maximum Gasteiger partial charge on any atom is 0.134 e. The normalized spacial score (nSPS) is 10.6. The molecule has 0 unspecified atom stereocenters. The molecule has 0 amide bonds. The number of hydrogen-bond donors (Lipinski definition) is 0. The third-order valence-electron chi connectivity index (χ3n) is 1.49. The highest BCUT2D eigenvalue weighted by atomic mass is 19.1. The Kier molecular flexibility index (Phi) is 2.22. The van der Waals surface area contributed by atoms with Gasteiger partial charge in [0.2, 0.25) is 0 Å². The molecule has 2 heteroatoms. The number of hydrogen-bond acceptors (Lipinski definition) is 0. The molecule has 1 radical (unpaired) electrons. The monoisotopic (exact) mass is 155 g/mol. The molecule has 1 rings (SSSR count). The van der Waals surface area contributed by atoms with E-state index >= 15 is 0 Å². The van der Waals surface area contributed by atoms with Gasteiger partial charge in [-0.3, -0.25) is 0 Å². The fraction of sp³-hybridized carbons (Fsp3) is 0.333. The smallest absolute Gasteiger partial charge is 0.134 e. The Labute approximate surface area is 64.9 Å². The van der Waals surface area contributed by atoms with Crippen LogP contribution < -0.4 is 0 Å². The highest BCUT2D eigenvalue weighted by Crippen LogP contribution is 2.16. The minimum atomic E-state index is -0.631. The van der Waals surface area contributed by atoms with Gasteiger partial charge in [0.1, 0.15) is 11.6 Å². The van der Waals surface area contributed by atoms with E-state index in [2.05, 4.69) is 0 Å². The van der Waals surface area contributed by atoms with Crippen molar-refractivity contribution in [2.45, 2.75) is 19.8 Å². The average Bonchev–Trinajstić information content (AvgIpc) is 1.85. The lowest BCUT2D eigenvalue weighted by atomic mass is 10.0. The summed E-state index contributed by atoms with van der Waals surface area (Å²) in [5.74, 6) is -1.11. The molecule has 0 N–H and O–H groups in total. The van der Waals surface area contributed by atoms with Crippen LogP contribution in [-0.4, -0.2) is 0 Å². The third-order valence-corrected chi connectivity index (χ3v) is 1.49. The maximum absolute atomic E-state index is 12.5. The second-order valence-corrected chi connectivity index (χ2v) is 2.76. The highest BCUT2D eigenvalue weighted by Gasteiger charge is 2.03. The van der Waals surface area contributed by atoms with Crippen molar-refractivity contribution in [1.29, 1.82) is 0 Å². The van der Waals surface area contributed by atoms with Crippen molar-refractivity contribution in [2.24, 2.45) is 0 Å². The van der Waals surface area contributed by atoms with E-state index in [1.807, 2.05) is 19.9 Å². The van der Waals surface area contributed by atoms with E-state index in [0.29, 0.717) is 5.56 Å². The maximum atomic E-state index is 12.5. The van der Waals surface area contributed by atoms with Gasteiger partial charge in [-0.2, -0.15) is 0 Å². The van der Waals surface area contributed by atoms with Crippen LogP contribution in [0.5, 0.6) is 0 Å². The van der Waals surface area contributed by atoms with E-state index in [1.54, 1.807) is 0 Å². The molecule has 0 saturated heterocycles. The van der Waals surface area contributed by atoms with Gasteiger partial charge >= 0.3 is 0 Å². The second-order valence-electron chi connectivity index (χ2n) is 2.76. The van der Waals surface area contributed by atoms with Crippen LogP contribution in [-0.2, 0) is 0 Å². The fourth-order valence-electron chi connectivity index (χ4n) is 0.854. The summed E-state index contributed by atoms with van der Waals surface area (Å²) in [7, 11) is 0. The van der Waals surface area contributed by atoms with Crippen molar-refractivity contribution < 1.29 is 8.78 Å². The molecule has 0 nitrogen and oxygen atoms in total. The van der Waals surface area contributed by atoms with E-state index in [9.17, 15) is 8.78 Å². The zero-order valence-electron chi connectivity index (χ0n) is 6.49. The van der Waals surface area contributed by atoms with Crippen LogP contribution in [0.15, 0.2) is 12.1 Å². The molecule has 59 valence electrons. The molecule has 1 aromatic rings. The van der Waals surface area contributed by atoms with Gasteiger partial charge in [0, 0.05) is 0 Å². The van der Waals surface area contributed by atoms with Crippen molar-refractivity contribution >= 4 is 0 Å². The number of benzene rings is 1. The standard InChI is InChI=1S/C9H9F2/c1-6(2)7-3-8(10)5-9(11)4-7/h3-4,6H,1-2H3. The molecule has 0 bridgehead atoms. The quantitative estimate of drug-likeness (QED) is 0.585. The summed E-state index contributed by atoms with van der Waals surface area (Å²) in [5.41, 5.74) is 0.666. The lowest BCUT2D eigenvalue weighted by Crippen LogP contribution is -1.90. The second kappa shape index (κ2) is 2.99. The third kappa shape index (κ3) is 2.00. The topological polar surface area (TPSA) is 0 Å².